The summed E-state index contributed by atoms with van der Waals surface area (Å²) < 4.78 is 11.3. The van der Waals surface area contributed by atoms with Crippen LogP contribution in [-0.4, -0.2) is 17.8 Å². The largest absolute Gasteiger partial charge is 0.457 e. The van der Waals surface area contributed by atoms with E-state index in [9.17, 15) is 4.79 Å². The summed E-state index contributed by atoms with van der Waals surface area (Å²) in [6.07, 6.45) is 1.68. The SMILES string of the molecule is O=C(N[C@@H](CCCCO)c1cccc(Oc2ccccc2)c1)OCc1ccccc1. The van der Waals surface area contributed by atoms with Crippen molar-refractivity contribution in [3.05, 3.63) is 96.1 Å². The van der Waals surface area contributed by atoms with Crippen LogP contribution in [0.2, 0.25) is 0 Å². The van der Waals surface area contributed by atoms with Crippen molar-refractivity contribution in [2.45, 2.75) is 31.9 Å². The van der Waals surface area contributed by atoms with Gasteiger partial charge in [0, 0.05) is 6.61 Å². The van der Waals surface area contributed by atoms with Crippen molar-refractivity contribution in [1.82, 2.24) is 5.32 Å². The molecule has 0 aliphatic rings. The molecule has 1 amide bonds. The number of nitrogens with one attached hydrogen (secondary N) is 1. The van der Waals surface area contributed by atoms with Gasteiger partial charge in [0.05, 0.1) is 6.04 Å². The van der Waals surface area contributed by atoms with Gasteiger partial charge >= 0.3 is 6.09 Å². The molecule has 0 saturated heterocycles. The van der Waals surface area contributed by atoms with Crippen LogP contribution in [0, 0.1) is 0 Å². The smallest absolute Gasteiger partial charge is 0.407 e. The van der Waals surface area contributed by atoms with Crippen molar-refractivity contribution in [2.24, 2.45) is 0 Å². The van der Waals surface area contributed by atoms with Gasteiger partial charge in [0.25, 0.3) is 0 Å². The number of benzene rings is 3. The fourth-order valence-electron chi connectivity index (χ4n) is 3.11. The fourth-order valence-corrected chi connectivity index (χ4v) is 3.11. The van der Waals surface area contributed by atoms with Crippen LogP contribution in [0.25, 0.3) is 0 Å². The van der Waals surface area contributed by atoms with Crippen molar-refractivity contribution in [3.63, 3.8) is 0 Å². The summed E-state index contributed by atoms with van der Waals surface area (Å²) in [5, 5.41) is 12.1. The van der Waals surface area contributed by atoms with Crippen LogP contribution in [0.5, 0.6) is 11.5 Å². The Morgan fingerprint density at radius 3 is 2.30 bits per heavy atom. The Bertz CT molecular complexity index is 899. The molecule has 5 heteroatoms. The van der Waals surface area contributed by atoms with Crippen molar-refractivity contribution in [1.29, 1.82) is 0 Å². The van der Waals surface area contributed by atoms with Crippen LogP contribution in [0.1, 0.15) is 36.4 Å². The van der Waals surface area contributed by atoms with Gasteiger partial charge in [-0.3, -0.25) is 0 Å². The monoisotopic (exact) mass is 405 g/mol. The highest BCUT2D eigenvalue weighted by Crippen LogP contribution is 2.27. The molecule has 0 heterocycles. The van der Waals surface area contributed by atoms with Crippen molar-refractivity contribution in [2.75, 3.05) is 6.61 Å². The Labute approximate surface area is 177 Å². The number of unbranched alkanes of at least 4 members (excludes halogenated alkanes) is 1. The third kappa shape index (κ3) is 6.94. The van der Waals surface area contributed by atoms with Crippen LogP contribution in [-0.2, 0) is 11.3 Å². The first kappa shape index (κ1) is 21.4. The number of amides is 1. The van der Waals surface area contributed by atoms with Gasteiger partial charge in [-0.15, -0.1) is 0 Å². The number of alkyl carbamates (subject to hydrolysis) is 1. The minimum absolute atomic E-state index is 0.127. The number of carbonyl (C=O) groups excluding carboxylic acids is 1. The third-order valence-corrected chi connectivity index (χ3v) is 4.65. The van der Waals surface area contributed by atoms with E-state index in [0.717, 1.165) is 23.3 Å². The average molecular weight is 405 g/mol. The fraction of sp³-hybridized carbons (Fsp3) is 0.240. The lowest BCUT2D eigenvalue weighted by molar-refractivity contribution is 0.134. The molecular weight excluding hydrogens is 378 g/mol. The second kappa shape index (κ2) is 11.6. The first-order chi connectivity index (χ1) is 14.7. The number of carbonyl (C=O) groups is 1. The minimum Gasteiger partial charge on any atom is -0.457 e. The second-order valence-corrected chi connectivity index (χ2v) is 6.97. The Balaban J connectivity index is 1.66. The van der Waals surface area contributed by atoms with E-state index in [2.05, 4.69) is 5.32 Å². The number of rotatable bonds is 10. The zero-order valence-corrected chi connectivity index (χ0v) is 16.9. The molecule has 3 aromatic carbocycles. The van der Waals surface area contributed by atoms with Crippen molar-refractivity contribution in [3.8, 4) is 11.5 Å². The number of aliphatic hydroxyl groups excluding tert-OH is 1. The van der Waals surface area contributed by atoms with Crippen molar-refractivity contribution < 1.29 is 19.4 Å². The number of hydrogen-bond acceptors (Lipinski definition) is 4. The second-order valence-electron chi connectivity index (χ2n) is 6.97. The van der Waals surface area contributed by atoms with E-state index in [1.165, 1.54) is 0 Å². The Hall–Kier alpha value is -3.31. The van der Waals surface area contributed by atoms with Gasteiger partial charge in [0.1, 0.15) is 18.1 Å². The summed E-state index contributed by atoms with van der Waals surface area (Å²) in [7, 11) is 0. The molecular formula is C25H27NO4. The van der Waals surface area contributed by atoms with Crippen LogP contribution >= 0.6 is 0 Å². The molecule has 30 heavy (non-hydrogen) atoms. The van der Waals surface area contributed by atoms with E-state index in [1.54, 1.807) is 0 Å². The summed E-state index contributed by atoms with van der Waals surface area (Å²) in [4.78, 5) is 12.4. The maximum absolute atomic E-state index is 12.4. The van der Waals surface area contributed by atoms with Crippen molar-refractivity contribution >= 4 is 6.09 Å². The normalized spacial score (nSPS) is 11.5. The molecule has 3 rings (SSSR count). The van der Waals surface area contributed by atoms with Gasteiger partial charge < -0.3 is 19.9 Å². The standard InChI is InChI=1S/C25H27NO4/c27-17-8-7-16-24(26-25(28)29-19-20-10-3-1-4-11-20)21-12-9-15-23(18-21)30-22-13-5-2-6-14-22/h1-6,9-15,18,24,27H,7-8,16-17,19H2,(H,26,28)/t24-/m0/s1. The molecule has 0 aliphatic heterocycles. The number of para-hydroxylation sites is 1. The minimum atomic E-state index is -0.470. The van der Waals surface area contributed by atoms with Gasteiger partial charge in [0.2, 0.25) is 0 Å². The third-order valence-electron chi connectivity index (χ3n) is 4.65. The van der Waals surface area contributed by atoms with E-state index in [-0.39, 0.29) is 19.3 Å². The highest BCUT2D eigenvalue weighted by Gasteiger charge is 2.16. The molecule has 0 aromatic heterocycles. The summed E-state index contributed by atoms with van der Waals surface area (Å²) in [6, 6.07) is 26.6. The molecule has 0 bridgehead atoms. The van der Waals surface area contributed by atoms with Gasteiger partial charge in [-0.2, -0.15) is 0 Å². The highest BCUT2D eigenvalue weighted by atomic mass is 16.5. The van der Waals surface area contributed by atoms with Crippen LogP contribution < -0.4 is 10.1 Å². The molecule has 0 unspecified atom stereocenters. The van der Waals surface area contributed by atoms with E-state index in [0.29, 0.717) is 18.6 Å². The molecule has 3 aromatic rings. The summed E-state index contributed by atoms with van der Waals surface area (Å²) >= 11 is 0. The lowest BCUT2D eigenvalue weighted by Gasteiger charge is -2.20. The van der Waals surface area contributed by atoms with E-state index in [4.69, 9.17) is 14.6 Å². The van der Waals surface area contributed by atoms with E-state index >= 15 is 0 Å². The van der Waals surface area contributed by atoms with E-state index < -0.39 is 6.09 Å². The van der Waals surface area contributed by atoms with Gasteiger partial charge in [-0.25, -0.2) is 4.79 Å². The van der Waals surface area contributed by atoms with E-state index in [1.807, 2.05) is 84.9 Å². The quantitative estimate of drug-likeness (QED) is 0.430. The number of ether oxygens (including phenoxy) is 2. The lowest BCUT2D eigenvalue weighted by atomic mass is 10.0. The maximum Gasteiger partial charge on any atom is 0.407 e. The topological polar surface area (TPSA) is 67.8 Å². The lowest BCUT2D eigenvalue weighted by Crippen LogP contribution is -2.29. The van der Waals surface area contributed by atoms with Gasteiger partial charge in [-0.1, -0.05) is 60.7 Å². The number of aliphatic hydroxyl groups is 1. The summed E-state index contributed by atoms with van der Waals surface area (Å²) in [5.74, 6) is 1.45. The molecule has 5 nitrogen and oxygen atoms in total. The van der Waals surface area contributed by atoms with Gasteiger partial charge in [0.15, 0.2) is 0 Å². The molecule has 0 spiro atoms. The Morgan fingerprint density at radius 1 is 0.867 bits per heavy atom. The first-order valence-corrected chi connectivity index (χ1v) is 10.2. The zero-order chi connectivity index (χ0) is 21.0. The number of hydrogen-bond donors (Lipinski definition) is 2. The molecule has 2 N–H and O–H groups in total. The molecule has 0 aliphatic carbocycles. The Kier molecular flexibility index (Phi) is 8.30. The molecule has 0 fully saturated rings. The average Bonchev–Trinajstić information content (AvgIpc) is 2.79. The van der Waals surface area contributed by atoms with Crippen LogP contribution in [0.15, 0.2) is 84.9 Å². The zero-order valence-electron chi connectivity index (χ0n) is 16.9. The van der Waals surface area contributed by atoms with Crippen LogP contribution in [0.4, 0.5) is 4.79 Å². The molecule has 1 atom stereocenters. The highest BCUT2D eigenvalue weighted by molar-refractivity contribution is 5.68. The first-order valence-electron chi connectivity index (χ1n) is 10.2. The summed E-state index contributed by atoms with van der Waals surface area (Å²) in [5.41, 5.74) is 1.86. The maximum atomic E-state index is 12.4. The summed E-state index contributed by atoms with van der Waals surface area (Å²) in [6.45, 7) is 0.343. The Morgan fingerprint density at radius 2 is 1.57 bits per heavy atom. The van der Waals surface area contributed by atoms with Gasteiger partial charge in [-0.05, 0) is 54.7 Å². The predicted octanol–water partition coefficient (Wildman–Crippen LogP) is 5.61. The predicted molar refractivity (Wildman–Crippen MR) is 116 cm³/mol. The molecule has 0 saturated carbocycles. The molecule has 0 radical (unpaired) electrons. The molecule has 156 valence electrons. The van der Waals surface area contributed by atoms with Crippen LogP contribution in [0.3, 0.4) is 0 Å².